The van der Waals surface area contributed by atoms with Gasteiger partial charge in [-0.2, -0.15) is 0 Å². The van der Waals surface area contributed by atoms with Crippen molar-refractivity contribution in [3.05, 3.63) is 59.7 Å². The zero-order valence-electron chi connectivity index (χ0n) is 24.2. The molecule has 0 amide bonds. The molecular weight excluding hydrogens is 448 g/mol. The van der Waals surface area contributed by atoms with Crippen molar-refractivity contribution in [1.82, 2.24) is 0 Å². The van der Waals surface area contributed by atoms with E-state index in [-0.39, 0.29) is 0 Å². The van der Waals surface area contributed by atoms with Gasteiger partial charge < -0.3 is 0 Å². The Hall–Kier alpha value is -1.89. The van der Waals surface area contributed by atoms with Gasteiger partial charge >= 0.3 is 0 Å². The normalized spacial score (nSPS) is 13.5. The molecule has 0 atom stereocenters. The lowest BCUT2D eigenvalue weighted by molar-refractivity contribution is -0.123. The van der Waals surface area contributed by atoms with E-state index >= 15 is 0 Å². The Morgan fingerprint density at radius 1 is 0.514 bits per heavy atom. The quantitative estimate of drug-likeness (QED) is 0.155. The maximum absolute atomic E-state index is 14.2. The number of carbonyl (C=O) groups excluding carboxylic acids is 1. The van der Waals surface area contributed by atoms with Crippen LogP contribution in [0.4, 0.5) is 0 Å². The maximum Gasteiger partial charge on any atom is 0.147 e. The third-order valence-electron chi connectivity index (χ3n) is 8.70. The van der Waals surface area contributed by atoms with Gasteiger partial charge in [0, 0.05) is 6.42 Å². The lowest BCUT2D eigenvalue weighted by atomic mass is 9.69. The van der Waals surface area contributed by atoms with Crippen LogP contribution in [0.2, 0.25) is 0 Å². The second-order valence-corrected chi connectivity index (χ2v) is 11.6. The summed E-state index contributed by atoms with van der Waals surface area (Å²) >= 11 is 0. The first-order valence-electron chi connectivity index (χ1n) is 16.0. The molecule has 1 nitrogen and oxygen atoms in total. The lowest BCUT2D eigenvalue weighted by Gasteiger charge is -2.31. The lowest BCUT2D eigenvalue weighted by Crippen LogP contribution is -2.35. The van der Waals surface area contributed by atoms with Crippen LogP contribution in [-0.2, 0) is 10.2 Å². The van der Waals surface area contributed by atoms with Crippen LogP contribution in [-0.4, -0.2) is 5.78 Å². The van der Waals surface area contributed by atoms with Crippen LogP contribution in [0.5, 0.6) is 0 Å². The van der Waals surface area contributed by atoms with Crippen LogP contribution in [0.25, 0.3) is 11.1 Å². The number of rotatable bonds is 21. The second-order valence-electron chi connectivity index (χ2n) is 11.6. The molecule has 1 aliphatic rings. The monoisotopic (exact) mass is 502 g/mol. The summed E-state index contributed by atoms with van der Waals surface area (Å²) in [4.78, 5) is 14.2. The summed E-state index contributed by atoms with van der Waals surface area (Å²) in [5.74, 6) is 0.465. The Morgan fingerprint density at radius 2 is 0.892 bits per heavy atom. The van der Waals surface area contributed by atoms with E-state index in [1.54, 1.807) is 0 Å². The van der Waals surface area contributed by atoms with Crippen molar-refractivity contribution in [2.24, 2.45) is 0 Å². The van der Waals surface area contributed by atoms with Crippen LogP contribution >= 0.6 is 0 Å². The molecule has 37 heavy (non-hydrogen) atoms. The Bertz CT molecular complexity index is 865. The molecule has 0 saturated carbocycles. The summed E-state index contributed by atoms with van der Waals surface area (Å²) in [6, 6.07) is 17.5. The van der Waals surface area contributed by atoms with Gasteiger partial charge in [-0.3, -0.25) is 4.79 Å². The zero-order chi connectivity index (χ0) is 26.2. The average molecular weight is 503 g/mol. The number of hydrogen-bond donors (Lipinski definition) is 0. The first kappa shape index (κ1) is 29.7. The molecule has 1 heteroatoms. The van der Waals surface area contributed by atoms with Crippen molar-refractivity contribution in [2.45, 2.75) is 148 Å². The van der Waals surface area contributed by atoms with E-state index < -0.39 is 5.41 Å². The summed E-state index contributed by atoms with van der Waals surface area (Å²) in [6.07, 6.45) is 25.2. The molecule has 0 aromatic heterocycles. The van der Waals surface area contributed by atoms with Gasteiger partial charge in [0.2, 0.25) is 0 Å². The second kappa shape index (κ2) is 16.8. The highest BCUT2D eigenvalue weighted by molar-refractivity contribution is 6.01. The summed E-state index contributed by atoms with van der Waals surface area (Å²) in [5, 5.41) is 0. The van der Waals surface area contributed by atoms with Gasteiger partial charge in [-0.25, -0.2) is 0 Å². The number of hydrogen-bond acceptors (Lipinski definition) is 1. The van der Waals surface area contributed by atoms with Crippen molar-refractivity contribution in [3.63, 3.8) is 0 Å². The summed E-state index contributed by atoms with van der Waals surface area (Å²) in [7, 11) is 0. The number of carbonyl (C=O) groups is 1. The minimum atomic E-state index is -0.436. The molecule has 0 heterocycles. The van der Waals surface area contributed by atoms with E-state index in [4.69, 9.17) is 0 Å². The van der Waals surface area contributed by atoms with Crippen LogP contribution in [0, 0.1) is 0 Å². The van der Waals surface area contributed by atoms with Crippen LogP contribution < -0.4 is 0 Å². The van der Waals surface area contributed by atoms with E-state index in [0.717, 1.165) is 25.7 Å². The van der Waals surface area contributed by atoms with Crippen molar-refractivity contribution >= 4 is 5.78 Å². The number of fused-ring (bicyclic) bond motifs is 3. The molecular formula is C36H54O. The standard InChI is InChI=1S/C36H54O/c1-3-5-7-9-11-13-15-17-19-29-35(37)36(30-24-18-16-14-12-10-8-6-4-2)33-27-22-20-25-31(33)32-26-21-23-28-34(32)36/h20-23,25-28H,3-19,24,29-30H2,1-2H3. The minimum absolute atomic E-state index is 0.436. The van der Waals surface area contributed by atoms with Crippen molar-refractivity contribution < 1.29 is 4.79 Å². The molecule has 0 aliphatic heterocycles. The Kier molecular flexibility index (Phi) is 13.5. The van der Waals surface area contributed by atoms with Gasteiger partial charge in [0.1, 0.15) is 5.78 Å². The number of ketones is 1. The van der Waals surface area contributed by atoms with Crippen LogP contribution in [0.1, 0.15) is 153 Å². The molecule has 0 radical (unpaired) electrons. The van der Waals surface area contributed by atoms with Gasteiger partial charge in [0.25, 0.3) is 0 Å². The molecule has 204 valence electrons. The molecule has 0 saturated heterocycles. The third kappa shape index (κ3) is 8.30. The van der Waals surface area contributed by atoms with Crippen LogP contribution in [0.15, 0.2) is 48.5 Å². The summed E-state index contributed by atoms with van der Waals surface area (Å²) in [5.41, 5.74) is 4.69. The SMILES string of the molecule is CCCCCCCCCCCC(=O)C1(CCCCCCCCCCC)c2ccccc2-c2ccccc21. The van der Waals surface area contributed by atoms with Crippen molar-refractivity contribution in [1.29, 1.82) is 0 Å². The Balaban J connectivity index is 1.59. The molecule has 2 aromatic rings. The molecule has 0 unspecified atom stereocenters. The summed E-state index contributed by atoms with van der Waals surface area (Å²) < 4.78 is 0. The van der Waals surface area contributed by atoms with E-state index in [1.807, 2.05) is 0 Å². The fraction of sp³-hybridized carbons (Fsp3) is 0.639. The Labute approximate surface area is 228 Å². The molecule has 1 aliphatic carbocycles. The molecule has 0 spiro atoms. The largest absolute Gasteiger partial charge is 0.298 e. The zero-order valence-corrected chi connectivity index (χ0v) is 24.2. The van der Waals surface area contributed by atoms with E-state index in [0.29, 0.717) is 5.78 Å². The van der Waals surface area contributed by atoms with Crippen molar-refractivity contribution in [3.8, 4) is 11.1 Å². The van der Waals surface area contributed by atoms with Gasteiger partial charge in [0.05, 0.1) is 5.41 Å². The molecule has 2 aromatic carbocycles. The number of unbranched alkanes of at least 4 members (excludes halogenated alkanes) is 16. The number of benzene rings is 2. The highest BCUT2D eigenvalue weighted by Crippen LogP contribution is 2.52. The fourth-order valence-electron chi connectivity index (χ4n) is 6.54. The number of Topliss-reactive ketones (excluding diaryl/α,β-unsaturated/α-hetero) is 1. The Morgan fingerprint density at radius 3 is 1.35 bits per heavy atom. The van der Waals surface area contributed by atoms with E-state index in [2.05, 4.69) is 62.4 Å². The van der Waals surface area contributed by atoms with Crippen molar-refractivity contribution in [2.75, 3.05) is 0 Å². The highest BCUT2D eigenvalue weighted by Gasteiger charge is 2.47. The third-order valence-corrected chi connectivity index (χ3v) is 8.70. The average Bonchev–Trinajstić information content (AvgIpc) is 3.22. The maximum atomic E-state index is 14.2. The first-order chi connectivity index (χ1) is 18.3. The van der Waals surface area contributed by atoms with Gasteiger partial charge in [0.15, 0.2) is 0 Å². The minimum Gasteiger partial charge on any atom is -0.298 e. The van der Waals surface area contributed by atoms with Crippen LogP contribution in [0.3, 0.4) is 0 Å². The van der Waals surface area contributed by atoms with Gasteiger partial charge in [-0.15, -0.1) is 0 Å². The predicted molar refractivity (Wildman–Crippen MR) is 161 cm³/mol. The van der Waals surface area contributed by atoms with E-state index in [1.165, 1.54) is 125 Å². The topological polar surface area (TPSA) is 17.1 Å². The summed E-state index contributed by atoms with van der Waals surface area (Å²) in [6.45, 7) is 4.56. The predicted octanol–water partition coefficient (Wildman–Crippen LogP) is 11.4. The molecule has 0 fully saturated rings. The van der Waals surface area contributed by atoms with E-state index in [9.17, 15) is 4.79 Å². The fourth-order valence-corrected chi connectivity index (χ4v) is 6.54. The molecule has 0 N–H and O–H groups in total. The highest BCUT2D eigenvalue weighted by atomic mass is 16.1. The van der Waals surface area contributed by atoms with Gasteiger partial charge in [-0.1, -0.05) is 172 Å². The smallest absolute Gasteiger partial charge is 0.147 e. The molecule has 0 bridgehead atoms. The van der Waals surface area contributed by atoms with Gasteiger partial charge in [-0.05, 0) is 35.1 Å². The molecule has 3 rings (SSSR count). The first-order valence-corrected chi connectivity index (χ1v) is 16.0.